The van der Waals surface area contributed by atoms with Gasteiger partial charge in [0.2, 0.25) is 0 Å². The Kier molecular flexibility index (Phi) is 43.5. The van der Waals surface area contributed by atoms with Crippen LogP contribution in [0, 0.1) is 0 Å². The highest BCUT2D eigenvalue weighted by atomic mass is 35.6. The lowest BCUT2D eigenvalue weighted by molar-refractivity contribution is 0.321. The van der Waals surface area contributed by atoms with Crippen molar-refractivity contribution in [3.05, 3.63) is 0 Å². The Morgan fingerprint density at radius 2 is 0.917 bits per heavy atom. The standard InChI is InChI=1S/C6H15N.C5H16N2Si.C3H9ClSi.4CH4/c1-4-7(5-2)6-3;1-7(2)6-8(3,4)5;1-5(2,3)4;;;;/h4-6H2,1-3H3;6H,1-5H3;1-3H3;4*1H4. The molecule has 0 aliphatic rings. The SMILES string of the molecule is C.C.C.C.CCN(CC)CC.CN(C)N[Si](C)(C)C.C[Si](C)(C)Cl. The van der Waals surface area contributed by atoms with Gasteiger partial charge in [0.25, 0.3) is 0 Å². The number of hydrogen-bond acceptors (Lipinski definition) is 3. The van der Waals surface area contributed by atoms with Gasteiger partial charge in [-0.3, -0.25) is 10.1 Å². The van der Waals surface area contributed by atoms with Gasteiger partial charge < -0.3 is 4.90 Å². The molecule has 3 nitrogen and oxygen atoms in total. The van der Waals surface area contributed by atoms with Crippen LogP contribution in [-0.2, 0) is 0 Å². The van der Waals surface area contributed by atoms with Crippen molar-refractivity contribution in [2.45, 2.75) is 89.8 Å². The van der Waals surface area contributed by atoms with E-state index in [0.717, 1.165) is 0 Å². The summed E-state index contributed by atoms with van der Waals surface area (Å²) < 4.78 is 0. The summed E-state index contributed by atoms with van der Waals surface area (Å²) in [5.74, 6) is 0. The first-order valence-corrected chi connectivity index (χ1v) is 15.6. The van der Waals surface area contributed by atoms with Crippen LogP contribution < -0.4 is 5.09 Å². The molecule has 0 aliphatic heterocycles. The predicted octanol–water partition coefficient (Wildman–Crippen LogP) is 6.84. The van der Waals surface area contributed by atoms with Crippen LogP contribution in [0.1, 0.15) is 50.5 Å². The second kappa shape index (κ2) is 23.6. The van der Waals surface area contributed by atoms with Gasteiger partial charge in [0, 0.05) is 14.1 Å². The topological polar surface area (TPSA) is 18.5 Å². The highest BCUT2D eigenvalue weighted by Gasteiger charge is 2.11. The quantitative estimate of drug-likeness (QED) is 0.306. The first kappa shape index (κ1) is 44.2. The Bertz CT molecular complexity index is 188. The summed E-state index contributed by atoms with van der Waals surface area (Å²) >= 11 is 5.67. The molecule has 1 N–H and O–H groups in total. The predicted molar refractivity (Wildman–Crippen MR) is 130 cm³/mol. The average Bonchev–Trinajstić information content (AvgIpc) is 2.14. The number of halogens is 1. The van der Waals surface area contributed by atoms with Crippen LogP contribution in [0.4, 0.5) is 0 Å². The van der Waals surface area contributed by atoms with Gasteiger partial charge in [-0.25, -0.2) is 0 Å². The summed E-state index contributed by atoms with van der Waals surface area (Å²) in [5, 5.41) is 5.37. The van der Waals surface area contributed by atoms with Gasteiger partial charge >= 0.3 is 0 Å². The Balaban J connectivity index is -0.0000000340. The summed E-state index contributed by atoms with van der Waals surface area (Å²) in [6, 6.07) is 0. The molecule has 158 valence electrons. The molecule has 0 spiro atoms. The molecule has 0 saturated heterocycles. The summed E-state index contributed by atoms with van der Waals surface area (Å²) in [4.78, 5) is 2.38. The summed E-state index contributed by atoms with van der Waals surface area (Å²) in [6.45, 7) is 23.2. The molecule has 0 unspecified atom stereocenters. The van der Waals surface area contributed by atoms with E-state index in [4.69, 9.17) is 11.1 Å². The van der Waals surface area contributed by atoms with Gasteiger partial charge in [0.05, 0.1) is 0 Å². The zero-order valence-corrected chi connectivity index (χ0v) is 18.6. The summed E-state index contributed by atoms with van der Waals surface area (Å²) in [5.41, 5.74) is 0. The molecule has 0 amide bonds. The van der Waals surface area contributed by atoms with E-state index in [2.05, 4.69) is 70.0 Å². The van der Waals surface area contributed by atoms with Crippen LogP contribution in [0.15, 0.2) is 0 Å². The molecule has 0 aromatic carbocycles. The lowest BCUT2D eigenvalue weighted by Gasteiger charge is -2.23. The third kappa shape index (κ3) is 78.4. The van der Waals surface area contributed by atoms with Crippen molar-refractivity contribution < 1.29 is 0 Å². The van der Waals surface area contributed by atoms with E-state index in [1.807, 2.05) is 19.1 Å². The third-order valence-electron chi connectivity index (χ3n) is 1.90. The average molecular weight is 406 g/mol. The van der Waals surface area contributed by atoms with E-state index in [9.17, 15) is 0 Å². The lowest BCUT2D eigenvalue weighted by Crippen LogP contribution is -2.49. The molecule has 0 rings (SSSR count). The minimum absolute atomic E-state index is 0. The number of rotatable bonds is 5. The Labute approximate surface area is 165 Å². The third-order valence-corrected chi connectivity index (χ3v) is 3.02. The minimum atomic E-state index is -1.14. The maximum Gasteiger partial charge on any atom is 0.147 e. The first-order chi connectivity index (χ1) is 8.76. The highest BCUT2D eigenvalue weighted by molar-refractivity contribution is 7.18. The van der Waals surface area contributed by atoms with Gasteiger partial charge in [-0.1, -0.05) is 89.8 Å². The van der Waals surface area contributed by atoms with Crippen LogP contribution >= 0.6 is 11.1 Å². The molecule has 6 heteroatoms. The molecule has 0 aromatic rings. The fourth-order valence-corrected chi connectivity index (χ4v) is 2.68. The van der Waals surface area contributed by atoms with Crippen molar-refractivity contribution in [2.24, 2.45) is 0 Å². The molecule has 0 fully saturated rings. The van der Waals surface area contributed by atoms with E-state index in [1.54, 1.807) is 0 Å². The Morgan fingerprint density at radius 1 is 0.708 bits per heavy atom. The fraction of sp³-hybridized carbons (Fsp3) is 1.00. The molecule has 24 heavy (non-hydrogen) atoms. The Hall–Kier alpha value is 0.604. The number of nitrogens with one attached hydrogen (secondary N) is 1. The monoisotopic (exact) mass is 405 g/mol. The van der Waals surface area contributed by atoms with E-state index < -0.39 is 15.6 Å². The summed E-state index contributed by atoms with van der Waals surface area (Å²) in [7, 11) is 1.87. The maximum absolute atomic E-state index is 5.67. The smallest absolute Gasteiger partial charge is 0.147 e. The van der Waals surface area contributed by atoms with Gasteiger partial charge in [-0.2, -0.15) is 11.1 Å². The second-order valence-corrected chi connectivity index (χ2v) is 19.2. The van der Waals surface area contributed by atoms with E-state index in [1.165, 1.54) is 19.6 Å². The molecule has 0 atom stereocenters. The van der Waals surface area contributed by atoms with Crippen LogP contribution in [0.5, 0.6) is 0 Å². The van der Waals surface area contributed by atoms with Crippen molar-refractivity contribution in [1.29, 1.82) is 0 Å². The molecule has 0 aliphatic carbocycles. The van der Waals surface area contributed by atoms with Crippen LogP contribution in [0.25, 0.3) is 0 Å². The van der Waals surface area contributed by atoms with Crippen LogP contribution in [0.3, 0.4) is 0 Å². The van der Waals surface area contributed by atoms with Gasteiger partial charge in [0.1, 0.15) is 15.6 Å². The largest absolute Gasteiger partial charge is 0.304 e. The van der Waals surface area contributed by atoms with Gasteiger partial charge in [0.15, 0.2) is 0 Å². The van der Waals surface area contributed by atoms with Gasteiger partial charge in [-0.15, -0.1) is 0 Å². The zero-order chi connectivity index (χ0) is 17.0. The van der Waals surface area contributed by atoms with Gasteiger partial charge in [-0.05, 0) is 19.6 Å². The van der Waals surface area contributed by atoms with Crippen molar-refractivity contribution in [2.75, 3.05) is 33.7 Å². The number of hydrazine groups is 1. The van der Waals surface area contributed by atoms with E-state index >= 15 is 0 Å². The number of nitrogens with zero attached hydrogens (tertiary/aromatic N) is 2. The molecule has 0 bridgehead atoms. The number of hydrogen-bond donors (Lipinski definition) is 1. The molecular weight excluding hydrogens is 350 g/mol. The van der Waals surface area contributed by atoms with Crippen LogP contribution in [0.2, 0.25) is 39.3 Å². The molecule has 0 heterocycles. The van der Waals surface area contributed by atoms with E-state index in [-0.39, 0.29) is 29.7 Å². The van der Waals surface area contributed by atoms with E-state index in [0.29, 0.717) is 0 Å². The molecule has 0 radical (unpaired) electrons. The fourth-order valence-electron chi connectivity index (χ4n) is 1.34. The minimum Gasteiger partial charge on any atom is -0.304 e. The first-order valence-electron chi connectivity index (χ1n) is 7.63. The normalized spacial score (nSPS) is 9.75. The van der Waals surface area contributed by atoms with Crippen molar-refractivity contribution >= 4 is 26.7 Å². The molecule has 0 saturated carbocycles. The lowest BCUT2D eigenvalue weighted by atomic mass is 10.5. The molecular formula is C18H56ClN3Si2. The molecule has 0 aromatic heterocycles. The second-order valence-electron chi connectivity index (χ2n) is 6.94. The van der Waals surface area contributed by atoms with Crippen LogP contribution in [-0.4, -0.2) is 59.3 Å². The Morgan fingerprint density at radius 3 is 0.917 bits per heavy atom. The van der Waals surface area contributed by atoms with Crippen molar-refractivity contribution in [3.8, 4) is 0 Å². The summed E-state index contributed by atoms with van der Waals surface area (Å²) in [6.07, 6.45) is 0. The van der Waals surface area contributed by atoms with Crippen molar-refractivity contribution in [3.63, 3.8) is 0 Å². The maximum atomic E-state index is 5.67. The zero-order valence-electron chi connectivity index (χ0n) is 15.9. The van der Waals surface area contributed by atoms with Crippen molar-refractivity contribution in [1.82, 2.24) is 15.0 Å². The highest BCUT2D eigenvalue weighted by Crippen LogP contribution is 2.03.